The molecule has 0 amide bonds. The number of ether oxygens (including phenoxy) is 3. The summed E-state index contributed by atoms with van der Waals surface area (Å²) in [4.78, 5) is 71.1. The fourth-order valence-corrected chi connectivity index (χ4v) is 9.78. The molecule has 0 spiro atoms. The summed E-state index contributed by atoms with van der Waals surface area (Å²) in [6.07, 6.45) is -2.43. The molecule has 6 atom stereocenters. The van der Waals surface area contributed by atoms with Crippen molar-refractivity contribution in [2.75, 3.05) is 40.5 Å². The zero-order valence-electron chi connectivity index (χ0n) is 43.9. The van der Waals surface area contributed by atoms with Crippen molar-refractivity contribution in [1.29, 1.82) is 0 Å². The van der Waals surface area contributed by atoms with E-state index in [-0.39, 0.29) is 54.3 Å². The number of rotatable bonds is 11. The number of aromatic hydroxyl groups is 1. The minimum Gasteiger partial charge on any atom is -0.508 e. The van der Waals surface area contributed by atoms with E-state index in [4.69, 9.17) is 34.6 Å². The lowest BCUT2D eigenvalue weighted by Gasteiger charge is -2.18. The van der Waals surface area contributed by atoms with Gasteiger partial charge in [0.1, 0.15) is 60.5 Å². The number of aromatic nitrogens is 4. The maximum Gasteiger partial charge on any atom is 0.330 e. The van der Waals surface area contributed by atoms with Gasteiger partial charge in [0.05, 0.1) is 35.3 Å². The summed E-state index contributed by atoms with van der Waals surface area (Å²) < 4.78 is 18.3. The van der Waals surface area contributed by atoms with Crippen LogP contribution in [0.1, 0.15) is 36.4 Å². The first-order chi connectivity index (χ1) is 39.5. The SMILES string of the molecule is CN=NC.O=[N+]([O-])c1ccc(O)cc1.O=c1[nH]c(=O)n(C2CC(O)C(CO)O2)cc1C#CCO.O=c1[nH]c(=O)n(C2CC(O)C(CO)O2)cc1C#CCOc1ccc([N+](=O)[O-])cc1.c1ccc(P(c2ccccc2)c2ccccc2)cc1. The first-order valence-corrected chi connectivity index (χ1v) is 26.0. The Labute approximate surface area is 468 Å². The Morgan fingerprint density at radius 2 is 0.988 bits per heavy atom. The van der Waals surface area contributed by atoms with E-state index in [9.17, 15) is 49.6 Å². The van der Waals surface area contributed by atoms with Gasteiger partial charge in [0.25, 0.3) is 22.5 Å². The van der Waals surface area contributed by atoms with Crippen LogP contribution in [0.3, 0.4) is 0 Å². The predicted molar refractivity (Wildman–Crippen MR) is 302 cm³/mol. The highest BCUT2D eigenvalue weighted by atomic mass is 31.1. The third kappa shape index (κ3) is 18.9. The highest BCUT2D eigenvalue weighted by Gasteiger charge is 2.36. The summed E-state index contributed by atoms with van der Waals surface area (Å²) in [5, 5.41) is 86.5. The van der Waals surface area contributed by atoms with Gasteiger partial charge in [-0.2, -0.15) is 10.2 Å². The summed E-state index contributed by atoms with van der Waals surface area (Å²) in [7, 11) is 2.83. The van der Waals surface area contributed by atoms with E-state index in [1.807, 2.05) is 0 Å². The van der Waals surface area contributed by atoms with E-state index in [1.165, 1.54) is 76.8 Å². The van der Waals surface area contributed by atoms with Gasteiger partial charge >= 0.3 is 11.4 Å². The molecule has 2 aliphatic rings. The largest absolute Gasteiger partial charge is 0.508 e. The molecule has 25 nitrogen and oxygen atoms in total. The molecular formula is C56H57N8O17P. The molecule has 82 heavy (non-hydrogen) atoms. The number of aliphatic hydroxyl groups is 5. The van der Waals surface area contributed by atoms with Gasteiger partial charge in [0.15, 0.2) is 0 Å². The van der Waals surface area contributed by atoms with Crippen LogP contribution in [-0.4, -0.2) is 125 Å². The topological polar surface area (TPSA) is 370 Å². The molecule has 4 heterocycles. The molecule has 0 bridgehead atoms. The molecule has 8 N–H and O–H groups in total. The van der Waals surface area contributed by atoms with Crippen molar-refractivity contribution in [3.63, 3.8) is 0 Å². The Kier molecular flexibility index (Phi) is 25.4. The number of hydrogen-bond donors (Lipinski definition) is 8. The fraction of sp³-hybridized carbons (Fsp3) is 0.250. The third-order valence-corrected chi connectivity index (χ3v) is 14.0. The molecule has 2 aromatic heterocycles. The standard InChI is InChI=1S/C18H17N3O8.C18H15P.C12H14N2O6.C6H5NO3.C2H6N2/c22-10-15-14(23)8-16(29-15)20-9-11(17(24)19-18(20)25)2-1-7-28-13-5-3-12(4-6-13)21(26)27;1-4-10-16(11-5-1)19(17-12-6-2-7-13-17)18-14-8-3-9-15-18;15-3-1-2-7-5-14(12(19)13-11(7)18)10-4-8(17)9(6-16)20-10;8-6-3-1-5(2-4-6)7(9)10;1-3-4-2/h3-6,9,14-16,22-23H,7-8,10H2,(H,19,24,25);1-15H;5,8-10,15-17H,3-4,6H2,(H,13,18,19);1-4,8H;1-2H3. The average Bonchev–Trinajstić information content (AvgIpc) is 4.27. The molecule has 5 aromatic carbocycles. The number of nitrogens with one attached hydrogen (secondary N) is 2. The van der Waals surface area contributed by atoms with Gasteiger partial charge in [-0.15, -0.1) is 0 Å². The van der Waals surface area contributed by atoms with Crippen molar-refractivity contribution in [2.24, 2.45) is 10.2 Å². The maximum atomic E-state index is 12.0. The second kappa shape index (κ2) is 32.7. The zero-order valence-corrected chi connectivity index (χ0v) is 44.8. The lowest BCUT2D eigenvalue weighted by atomic mass is 10.2. The number of aromatic amines is 2. The number of hydrogen-bond acceptors (Lipinski definition) is 19. The van der Waals surface area contributed by atoms with Crippen molar-refractivity contribution in [3.8, 4) is 35.2 Å². The number of phenols is 1. The van der Waals surface area contributed by atoms with Crippen molar-refractivity contribution in [1.82, 2.24) is 19.1 Å². The van der Waals surface area contributed by atoms with Gasteiger partial charge in [0.2, 0.25) is 0 Å². The van der Waals surface area contributed by atoms with Crippen molar-refractivity contribution in [3.05, 3.63) is 225 Å². The first-order valence-electron chi connectivity index (χ1n) is 24.6. The molecule has 2 saturated heterocycles. The van der Waals surface area contributed by atoms with Gasteiger partial charge in [-0.25, -0.2) is 9.59 Å². The normalized spacial score (nSPS) is 17.5. The van der Waals surface area contributed by atoms with Gasteiger partial charge < -0.3 is 44.8 Å². The van der Waals surface area contributed by atoms with Gasteiger partial charge in [-0.1, -0.05) is 115 Å². The number of non-ortho nitro benzene ring substituents is 2. The molecule has 428 valence electrons. The molecule has 0 radical (unpaired) electrons. The lowest BCUT2D eigenvalue weighted by Crippen LogP contribution is -2.33. The minimum absolute atomic E-state index is 0.00388. The maximum absolute atomic E-state index is 12.0. The van der Waals surface area contributed by atoms with E-state index in [2.05, 4.69) is 135 Å². The molecule has 6 unspecified atom stereocenters. The molecule has 0 aliphatic carbocycles. The van der Waals surface area contributed by atoms with Crippen LogP contribution in [0.25, 0.3) is 0 Å². The zero-order chi connectivity index (χ0) is 59.6. The van der Waals surface area contributed by atoms with Crippen LogP contribution in [0.5, 0.6) is 11.5 Å². The minimum atomic E-state index is -0.937. The van der Waals surface area contributed by atoms with Crippen LogP contribution in [0.15, 0.2) is 181 Å². The van der Waals surface area contributed by atoms with Crippen LogP contribution in [0.4, 0.5) is 11.4 Å². The fourth-order valence-electron chi connectivity index (χ4n) is 7.48. The molecular weight excluding hydrogens is 1090 g/mol. The van der Waals surface area contributed by atoms with E-state index >= 15 is 0 Å². The van der Waals surface area contributed by atoms with Crippen molar-refractivity contribution >= 4 is 35.2 Å². The molecule has 9 rings (SSSR count). The lowest BCUT2D eigenvalue weighted by molar-refractivity contribution is -0.385. The summed E-state index contributed by atoms with van der Waals surface area (Å²) in [6, 6.07) is 42.8. The monoisotopic (exact) mass is 1140 g/mol. The van der Waals surface area contributed by atoms with Crippen molar-refractivity contribution < 1.29 is 54.7 Å². The van der Waals surface area contributed by atoms with Crippen LogP contribution in [0.2, 0.25) is 0 Å². The van der Waals surface area contributed by atoms with Gasteiger partial charge in [0, 0.05) is 63.6 Å². The molecule has 7 aromatic rings. The quantitative estimate of drug-likeness (QED) is 0.0303. The van der Waals surface area contributed by atoms with Crippen molar-refractivity contribution in [2.45, 2.75) is 49.7 Å². The van der Waals surface area contributed by atoms with E-state index in [1.54, 1.807) is 14.1 Å². The van der Waals surface area contributed by atoms with E-state index in [0.717, 1.165) is 9.13 Å². The molecule has 0 saturated carbocycles. The summed E-state index contributed by atoms with van der Waals surface area (Å²) in [5.74, 6) is 10.3. The summed E-state index contributed by atoms with van der Waals surface area (Å²) in [5.41, 5.74) is -2.86. The Bertz CT molecular complexity index is 3470. The number of nitrogens with zero attached hydrogens (tertiary/aromatic N) is 6. The second-order valence-corrected chi connectivity index (χ2v) is 19.2. The molecule has 2 aliphatic heterocycles. The smallest absolute Gasteiger partial charge is 0.330 e. The first kappa shape index (κ1) is 63.6. The number of azo groups is 1. The number of nitro groups is 2. The number of H-pyrrole nitrogens is 2. The summed E-state index contributed by atoms with van der Waals surface area (Å²) >= 11 is 0. The van der Waals surface area contributed by atoms with Crippen LogP contribution >= 0.6 is 7.92 Å². The Morgan fingerprint density at radius 1 is 0.610 bits per heavy atom. The van der Waals surface area contributed by atoms with Crippen LogP contribution < -0.4 is 43.1 Å². The van der Waals surface area contributed by atoms with E-state index < -0.39 is 90.4 Å². The highest BCUT2D eigenvalue weighted by Crippen LogP contribution is 2.32. The van der Waals surface area contributed by atoms with Gasteiger partial charge in [-0.05, 0) is 48.1 Å². The molecule has 2 fully saturated rings. The number of aliphatic hydroxyl groups excluding tert-OH is 5. The third-order valence-electron chi connectivity index (χ3n) is 11.5. The van der Waals surface area contributed by atoms with Gasteiger partial charge in [-0.3, -0.25) is 48.9 Å². The number of benzene rings is 5. The average molecular weight is 1150 g/mol. The summed E-state index contributed by atoms with van der Waals surface area (Å²) in [6.45, 7) is -1.28. The Hall–Kier alpha value is -9.27. The second-order valence-electron chi connectivity index (χ2n) is 17.0. The Balaban J connectivity index is 0.000000206. The highest BCUT2D eigenvalue weighted by molar-refractivity contribution is 7.79. The van der Waals surface area contributed by atoms with Crippen LogP contribution in [0, 0.1) is 43.9 Å². The van der Waals surface area contributed by atoms with E-state index in [0.29, 0.717) is 5.75 Å². The number of nitro benzene ring substituents is 2. The molecule has 26 heteroatoms. The van der Waals surface area contributed by atoms with Crippen LogP contribution in [-0.2, 0) is 9.47 Å². The predicted octanol–water partition coefficient (Wildman–Crippen LogP) is 2.48. The number of phenolic OH excluding ortho intramolecular Hbond substituents is 1. The Morgan fingerprint density at radius 3 is 1.33 bits per heavy atom.